The third-order valence-electron chi connectivity index (χ3n) is 2.28. The number of phenolic OH excluding ortho intramolecular Hbond substituents is 1. The summed E-state index contributed by atoms with van der Waals surface area (Å²) in [4.78, 5) is 0. The van der Waals surface area contributed by atoms with Crippen molar-refractivity contribution in [3.05, 3.63) is 35.6 Å². The number of benzene rings is 1. The molecule has 3 nitrogen and oxygen atoms in total. The Hall–Kier alpha value is -1.48. The summed E-state index contributed by atoms with van der Waals surface area (Å²) >= 11 is 0. The van der Waals surface area contributed by atoms with Gasteiger partial charge in [0.1, 0.15) is 17.1 Å². The highest BCUT2D eigenvalue weighted by Gasteiger charge is 2.49. The molecule has 0 spiro atoms. The average Bonchev–Trinajstić information content (AvgIpc) is 2.55. The first-order valence-electron chi connectivity index (χ1n) is 3.99. The zero-order valence-electron chi connectivity index (χ0n) is 7.15. The van der Waals surface area contributed by atoms with E-state index in [9.17, 15) is 10.2 Å². The van der Waals surface area contributed by atoms with Crippen LogP contribution in [0.4, 0.5) is 0 Å². The molecule has 3 heteroatoms. The van der Waals surface area contributed by atoms with Crippen LogP contribution in [0.5, 0.6) is 5.75 Å². The fourth-order valence-corrected chi connectivity index (χ4v) is 1.39. The molecule has 0 saturated carbocycles. The van der Waals surface area contributed by atoms with Gasteiger partial charge in [0, 0.05) is 5.57 Å². The minimum atomic E-state index is -1.17. The first-order valence-corrected chi connectivity index (χ1v) is 3.99. The molecule has 0 bridgehead atoms. The van der Waals surface area contributed by atoms with Crippen LogP contribution in [0.25, 0.3) is 5.57 Å². The first kappa shape index (κ1) is 8.13. The molecule has 1 atom stereocenters. The van der Waals surface area contributed by atoms with E-state index in [0.29, 0.717) is 5.57 Å². The Labute approximate surface area is 75.6 Å². The molecule has 0 aliphatic heterocycles. The van der Waals surface area contributed by atoms with Gasteiger partial charge in [-0.3, -0.25) is 0 Å². The van der Waals surface area contributed by atoms with E-state index in [2.05, 4.69) is 0 Å². The second-order valence-corrected chi connectivity index (χ2v) is 3.34. The van der Waals surface area contributed by atoms with Crippen molar-refractivity contribution in [1.82, 2.24) is 0 Å². The first-order chi connectivity index (χ1) is 6.03. The number of aliphatic hydroxyl groups is 2. The van der Waals surface area contributed by atoms with Crippen LogP contribution >= 0.6 is 0 Å². The van der Waals surface area contributed by atoms with Crippen molar-refractivity contribution in [2.75, 3.05) is 0 Å². The number of hydrogen-bond acceptors (Lipinski definition) is 3. The van der Waals surface area contributed by atoms with E-state index in [0.717, 1.165) is 5.56 Å². The van der Waals surface area contributed by atoms with E-state index < -0.39 is 5.60 Å². The molecule has 13 heavy (non-hydrogen) atoms. The molecule has 0 amide bonds. The molecule has 1 aliphatic rings. The van der Waals surface area contributed by atoms with E-state index >= 15 is 0 Å². The predicted octanol–water partition coefficient (Wildman–Crippen LogP) is 1.43. The molecule has 0 radical (unpaired) electrons. The van der Waals surface area contributed by atoms with Gasteiger partial charge < -0.3 is 15.3 Å². The molecule has 0 aromatic heterocycles. The molecule has 2 rings (SSSR count). The lowest BCUT2D eigenvalue weighted by Gasteiger charge is -2.01. The molecule has 1 aromatic carbocycles. The Morgan fingerprint density at radius 3 is 1.92 bits per heavy atom. The van der Waals surface area contributed by atoms with Crippen molar-refractivity contribution in [3.8, 4) is 5.75 Å². The number of rotatable bonds is 1. The fraction of sp³-hybridized carbons (Fsp3) is 0.200. The highest BCUT2D eigenvalue weighted by Crippen LogP contribution is 2.48. The average molecular weight is 178 g/mol. The van der Waals surface area contributed by atoms with Crippen LogP contribution in [0.3, 0.4) is 0 Å². The zero-order valence-corrected chi connectivity index (χ0v) is 7.15. The summed E-state index contributed by atoms with van der Waals surface area (Å²) in [6.45, 7) is 1.53. The molecular weight excluding hydrogens is 168 g/mol. The van der Waals surface area contributed by atoms with Crippen LogP contribution in [0.15, 0.2) is 30.0 Å². The van der Waals surface area contributed by atoms with Gasteiger partial charge in [0.25, 0.3) is 0 Å². The van der Waals surface area contributed by atoms with E-state index in [-0.39, 0.29) is 11.5 Å². The van der Waals surface area contributed by atoms with E-state index in [1.807, 2.05) is 0 Å². The van der Waals surface area contributed by atoms with Gasteiger partial charge in [0.05, 0.1) is 0 Å². The second kappa shape index (κ2) is 2.26. The Morgan fingerprint density at radius 2 is 1.54 bits per heavy atom. The van der Waals surface area contributed by atoms with Gasteiger partial charge in [0.2, 0.25) is 0 Å². The maximum atomic E-state index is 9.50. The smallest absolute Gasteiger partial charge is 0.148 e. The van der Waals surface area contributed by atoms with Gasteiger partial charge in [-0.15, -0.1) is 0 Å². The Kier molecular flexibility index (Phi) is 1.42. The minimum absolute atomic E-state index is 0.0122. The minimum Gasteiger partial charge on any atom is -0.508 e. The van der Waals surface area contributed by atoms with Crippen molar-refractivity contribution in [3.63, 3.8) is 0 Å². The van der Waals surface area contributed by atoms with Crippen LogP contribution in [0, 0.1) is 0 Å². The van der Waals surface area contributed by atoms with Crippen LogP contribution in [-0.4, -0.2) is 20.9 Å². The van der Waals surface area contributed by atoms with E-state index in [1.54, 1.807) is 12.1 Å². The third kappa shape index (κ3) is 1.09. The largest absolute Gasteiger partial charge is 0.508 e. The standard InChI is InChI=1S/C10H10O3/c1-10(13)8(9(10)12)6-2-4-7(11)5-3-6/h2-5,11-13H,1H3. The summed E-state index contributed by atoms with van der Waals surface area (Å²) in [5.41, 5.74) is 0.101. The maximum absolute atomic E-state index is 9.50. The van der Waals surface area contributed by atoms with Crippen LogP contribution in [0.2, 0.25) is 0 Å². The van der Waals surface area contributed by atoms with Gasteiger partial charge in [0.15, 0.2) is 0 Å². The molecule has 1 aliphatic carbocycles. The zero-order chi connectivity index (χ0) is 9.64. The van der Waals surface area contributed by atoms with Crippen molar-refractivity contribution in [2.45, 2.75) is 12.5 Å². The Bertz CT molecular complexity index is 374. The van der Waals surface area contributed by atoms with Crippen LogP contribution in [-0.2, 0) is 0 Å². The lowest BCUT2D eigenvalue weighted by Crippen LogP contribution is -2.07. The topological polar surface area (TPSA) is 60.7 Å². The summed E-state index contributed by atoms with van der Waals surface area (Å²) in [5.74, 6) is 0.183. The molecule has 0 saturated heterocycles. The monoisotopic (exact) mass is 178 g/mol. The summed E-state index contributed by atoms with van der Waals surface area (Å²) in [6, 6.07) is 6.35. The van der Waals surface area contributed by atoms with Gasteiger partial charge >= 0.3 is 0 Å². The SMILES string of the molecule is CC1(O)C(O)=C1c1ccc(O)cc1. The molecule has 68 valence electrons. The number of phenols is 1. The lowest BCUT2D eigenvalue weighted by atomic mass is 10.1. The predicted molar refractivity (Wildman–Crippen MR) is 48.3 cm³/mol. The number of aliphatic hydroxyl groups excluding tert-OH is 1. The Morgan fingerprint density at radius 1 is 1.08 bits per heavy atom. The molecule has 0 heterocycles. The normalized spacial score (nSPS) is 26.3. The van der Waals surface area contributed by atoms with Gasteiger partial charge in [-0.05, 0) is 24.6 Å². The van der Waals surface area contributed by atoms with E-state index in [4.69, 9.17) is 5.11 Å². The van der Waals surface area contributed by atoms with Crippen molar-refractivity contribution >= 4 is 5.57 Å². The van der Waals surface area contributed by atoms with Gasteiger partial charge in [-0.25, -0.2) is 0 Å². The fourth-order valence-electron chi connectivity index (χ4n) is 1.39. The Balaban J connectivity index is 2.35. The number of hydrogen-bond donors (Lipinski definition) is 3. The molecule has 1 unspecified atom stereocenters. The summed E-state index contributed by atoms with van der Waals surface area (Å²) < 4.78 is 0. The second-order valence-electron chi connectivity index (χ2n) is 3.34. The van der Waals surface area contributed by atoms with Crippen molar-refractivity contribution in [1.29, 1.82) is 0 Å². The quantitative estimate of drug-likeness (QED) is 0.609. The summed E-state index contributed by atoms with van der Waals surface area (Å²) in [7, 11) is 0. The van der Waals surface area contributed by atoms with Crippen molar-refractivity contribution < 1.29 is 15.3 Å². The maximum Gasteiger partial charge on any atom is 0.148 e. The molecule has 0 fully saturated rings. The highest BCUT2D eigenvalue weighted by atomic mass is 16.4. The van der Waals surface area contributed by atoms with E-state index in [1.165, 1.54) is 19.1 Å². The summed E-state index contributed by atoms with van der Waals surface area (Å²) in [5, 5.41) is 27.8. The molecule has 3 N–H and O–H groups in total. The van der Waals surface area contributed by atoms with Crippen molar-refractivity contribution in [2.24, 2.45) is 0 Å². The van der Waals surface area contributed by atoms with Gasteiger partial charge in [-0.1, -0.05) is 12.1 Å². The number of aromatic hydroxyl groups is 1. The van der Waals surface area contributed by atoms with Gasteiger partial charge in [-0.2, -0.15) is 0 Å². The molecular formula is C10H10O3. The van der Waals surface area contributed by atoms with Crippen LogP contribution < -0.4 is 0 Å². The summed E-state index contributed by atoms with van der Waals surface area (Å²) in [6.07, 6.45) is 0. The third-order valence-corrected chi connectivity index (χ3v) is 2.28. The highest BCUT2D eigenvalue weighted by molar-refractivity contribution is 5.90. The van der Waals surface area contributed by atoms with Crippen LogP contribution in [0.1, 0.15) is 12.5 Å². The molecule has 1 aromatic rings. The lowest BCUT2D eigenvalue weighted by molar-refractivity contribution is 0.158.